The van der Waals surface area contributed by atoms with Gasteiger partial charge in [-0.1, -0.05) is 0 Å². The Labute approximate surface area is 148 Å². The van der Waals surface area contributed by atoms with E-state index in [1.807, 2.05) is 18.2 Å². The molecule has 0 fully saturated rings. The number of anilines is 1. The van der Waals surface area contributed by atoms with E-state index in [9.17, 15) is 9.59 Å². The number of hydrogen-bond acceptors (Lipinski definition) is 6. The predicted molar refractivity (Wildman–Crippen MR) is 98.5 cm³/mol. The third-order valence-corrected chi connectivity index (χ3v) is 4.89. The Morgan fingerprint density at radius 3 is 2.72 bits per heavy atom. The highest BCUT2D eigenvalue weighted by molar-refractivity contribution is 7.13. The fourth-order valence-corrected chi connectivity index (χ4v) is 3.52. The van der Waals surface area contributed by atoms with Gasteiger partial charge in [-0.2, -0.15) is 0 Å². The molecule has 0 bridgehead atoms. The summed E-state index contributed by atoms with van der Waals surface area (Å²) in [6.07, 6.45) is -0.164. The molecule has 0 saturated heterocycles. The fourth-order valence-electron chi connectivity index (χ4n) is 2.70. The first-order valence-corrected chi connectivity index (χ1v) is 8.89. The van der Waals surface area contributed by atoms with Crippen molar-refractivity contribution >= 4 is 34.0 Å². The summed E-state index contributed by atoms with van der Waals surface area (Å²) in [7, 11) is 0. The maximum atomic E-state index is 12.4. The number of benzene rings is 1. The molecule has 0 spiro atoms. The number of thiazole rings is 1. The molecule has 2 heterocycles. The second-order valence-corrected chi connectivity index (χ2v) is 6.41. The number of aromatic nitrogens is 1. The number of carbonyl (C=O) groups is 1. The van der Waals surface area contributed by atoms with Crippen LogP contribution in [0, 0.1) is 0 Å². The zero-order valence-corrected chi connectivity index (χ0v) is 14.8. The lowest BCUT2D eigenvalue weighted by Gasteiger charge is -2.20. The Kier molecular flexibility index (Phi) is 4.85. The first-order chi connectivity index (χ1) is 12.0. The maximum absolute atomic E-state index is 12.4. The van der Waals surface area contributed by atoms with Crippen LogP contribution < -0.4 is 10.5 Å². The number of fused-ring (bicyclic) bond motifs is 1. The maximum Gasteiger partial charge on any atom is 0.346 e. The predicted octanol–water partition coefficient (Wildman–Crippen LogP) is 3.39. The zero-order chi connectivity index (χ0) is 18.0. The smallest absolute Gasteiger partial charge is 0.346 e. The molecule has 130 valence electrons. The third kappa shape index (κ3) is 3.56. The van der Waals surface area contributed by atoms with Gasteiger partial charge in [-0.25, -0.2) is 9.78 Å². The Hall–Kier alpha value is -2.67. The van der Waals surface area contributed by atoms with Crippen LogP contribution in [0.4, 0.5) is 5.69 Å². The van der Waals surface area contributed by atoms with Crippen LogP contribution in [0.2, 0.25) is 0 Å². The van der Waals surface area contributed by atoms with Crippen LogP contribution in [0.15, 0.2) is 38.9 Å². The number of hydrogen-bond donors (Lipinski definition) is 1. The molecule has 0 atom stereocenters. The van der Waals surface area contributed by atoms with Crippen LogP contribution in [0.3, 0.4) is 0 Å². The lowest BCUT2D eigenvalue weighted by Crippen LogP contribution is -2.21. The SMILES string of the molecule is CCN(CC)c1ccc2cc(-c3nc(CC(=O)O)cs3)c(=O)oc2c1. The molecule has 1 N–H and O–H groups in total. The van der Waals surface area contributed by atoms with Gasteiger partial charge in [0.15, 0.2) is 0 Å². The van der Waals surface area contributed by atoms with E-state index < -0.39 is 11.6 Å². The van der Waals surface area contributed by atoms with E-state index >= 15 is 0 Å². The molecule has 3 rings (SSSR count). The van der Waals surface area contributed by atoms with Gasteiger partial charge in [-0.15, -0.1) is 11.3 Å². The summed E-state index contributed by atoms with van der Waals surface area (Å²) in [6.45, 7) is 5.89. The van der Waals surface area contributed by atoms with E-state index in [-0.39, 0.29) is 6.42 Å². The van der Waals surface area contributed by atoms with Crippen molar-refractivity contribution in [3.8, 4) is 10.6 Å². The first kappa shape index (κ1) is 17.2. The first-order valence-electron chi connectivity index (χ1n) is 8.01. The van der Waals surface area contributed by atoms with Gasteiger partial charge in [-0.3, -0.25) is 4.79 Å². The number of carboxylic acids is 1. The van der Waals surface area contributed by atoms with Crippen LogP contribution in [0.1, 0.15) is 19.5 Å². The van der Waals surface area contributed by atoms with Gasteiger partial charge in [-0.05, 0) is 32.0 Å². The number of aliphatic carboxylic acids is 1. The van der Waals surface area contributed by atoms with Crippen molar-refractivity contribution in [2.75, 3.05) is 18.0 Å². The highest BCUT2D eigenvalue weighted by atomic mass is 32.1. The van der Waals surface area contributed by atoms with Gasteiger partial charge in [0.2, 0.25) is 0 Å². The normalized spacial score (nSPS) is 11.0. The van der Waals surface area contributed by atoms with E-state index in [4.69, 9.17) is 9.52 Å². The zero-order valence-electron chi connectivity index (χ0n) is 14.0. The molecule has 25 heavy (non-hydrogen) atoms. The molecule has 7 heteroatoms. The van der Waals surface area contributed by atoms with Crippen molar-refractivity contribution in [3.63, 3.8) is 0 Å². The lowest BCUT2D eigenvalue weighted by molar-refractivity contribution is -0.136. The van der Waals surface area contributed by atoms with E-state index in [2.05, 4.69) is 23.7 Å². The molecular formula is C18H18N2O4S. The van der Waals surface area contributed by atoms with Crippen LogP contribution in [0.5, 0.6) is 0 Å². The van der Waals surface area contributed by atoms with Crippen molar-refractivity contribution < 1.29 is 14.3 Å². The van der Waals surface area contributed by atoms with E-state index in [1.165, 1.54) is 11.3 Å². The second-order valence-electron chi connectivity index (χ2n) is 5.56. The van der Waals surface area contributed by atoms with Gasteiger partial charge in [0.25, 0.3) is 0 Å². The van der Waals surface area contributed by atoms with Crippen molar-refractivity contribution in [2.24, 2.45) is 0 Å². The van der Waals surface area contributed by atoms with Crippen LogP contribution >= 0.6 is 11.3 Å². The molecule has 0 amide bonds. The average molecular weight is 358 g/mol. The van der Waals surface area contributed by atoms with E-state index in [0.29, 0.717) is 21.8 Å². The third-order valence-electron chi connectivity index (χ3n) is 3.96. The van der Waals surface area contributed by atoms with Crippen LogP contribution in [-0.4, -0.2) is 29.1 Å². The summed E-state index contributed by atoms with van der Waals surface area (Å²) in [5.74, 6) is -0.952. The van der Waals surface area contributed by atoms with Crippen molar-refractivity contribution in [2.45, 2.75) is 20.3 Å². The highest BCUT2D eigenvalue weighted by Gasteiger charge is 2.14. The molecule has 0 saturated carbocycles. The minimum atomic E-state index is -0.952. The average Bonchev–Trinajstić information content (AvgIpc) is 3.02. The molecule has 6 nitrogen and oxygen atoms in total. The number of carboxylic acid groups (broad SMARTS) is 1. The summed E-state index contributed by atoms with van der Waals surface area (Å²) in [6, 6.07) is 7.53. The summed E-state index contributed by atoms with van der Waals surface area (Å²) >= 11 is 1.24. The largest absolute Gasteiger partial charge is 0.481 e. The number of rotatable bonds is 6. The van der Waals surface area contributed by atoms with Crippen LogP contribution in [-0.2, 0) is 11.2 Å². The van der Waals surface area contributed by atoms with E-state index in [1.54, 1.807) is 11.4 Å². The standard InChI is InChI=1S/C18H18N2O4S/c1-3-20(4-2)13-6-5-11-7-14(18(23)24-15(11)9-13)17-19-12(10-25-17)8-16(21)22/h5-7,9-10H,3-4,8H2,1-2H3,(H,21,22). The second kappa shape index (κ2) is 7.06. The van der Waals surface area contributed by atoms with Gasteiger partial charge < -0.3 is 14.4 Å². The Morgan fingerprint density at radius 2 is 2.04 bits per heavy atom. The molecule has 3 aromatic rings. The summed E-state index contributed by atoms with van der Waals surface area (Å²) in [4.78, 5) is 29.5. The van der Waals surface area contributed by atoms with Crippen molar-refractivity contribution in [1.82, 2.24) is 4.98 Å². The molecule has 0 aliphatic heterocycles. The van der Waals surface area contributed by atoms with Gasteiger partial charge >= 0.3 is 11.6 Å². The van der Waals surface area contributed by atoms with Crippen molar-refractivity contribution in [1.29, 1.82) is 0 Å². The fraction of sp³-hybridized carbons (Fsp3) is 0.278. The number of nitrogens with zero attached hydrogens (tertiary/aromatic N) is 2. The lowest BCUT2D eigenvalue weighted by atomic mass is 10.1. The van der Waals surface area contributed by atoms with Crippen molar-refractivity contribution in [3.05, 3.63) is 45.8 Å². The van der Waals surface area contributed by atoms with Gasteiger partial charge in [0, 0.05) is 35.6 Å². The topological polar surface area (TPSA) is 83.6 Å². The minimum absolute atomic E-state index is 0.164. The van der Waals surface area contributed by atoms with E-state index in [0.717, 1.165) is 24.2 Å². The Bertz CT molecular complexity index is 973. The summed E-state index contributed by atoms with van der Waals surface area (Å²) in [5, 5.41) is 11.8. The monoisotopic (exact) mass is 358 g/mol. The highest BCUT2D eigenvalue weighted by Crippen LogP contribution is 2.27. The Morgan fingerprint density at radius 1 is 1.28 bits per heavy atom. The van der Waals surface area contributed by atoms with Gasteiger partial charge in [0.1, 0.15) is 10.6 Å². The summed E-state index contributed by atoms with van der Waals surface area (Å²) < 4.78 is 5.49. The molecule has 0 aliphatic carbocycles. The quantitative estimate of drug-likeness (QED) is 0.680. The molecule has 1 aromatic carbocycles. The molecule has 0 aliphatic rings. The van der Waals surface area contributed by atoms with Crippen LogP contribution in [0.25, 0.3) is 21.5 Å². The van der Waals surface area contributed by atoms with Gasteiger partial charge in [0.05, 0.1) is 17.7 Å². The molecular weight excluding hydrogens is 340 g/mol. The molecule has 0 unspecified atom stereocenters. The molecule has 0 radical (unpaired) electrons. The Balaban J connectivity index is 2.02. The minimum Gasteiger partial charge on any atom is -0.481 e. The molecule has 2 aromatic heterocycles. The summed E-state index contributed by atoms with van der Waals surface area (Å²) in [5.41, 5.74) is 1.85.